The molecule has 0 fully saturated rings. The Morgan fingerprint density at radius 3 is 1.77 bits per heavy atom. The van der Waals surface area contributed by atoms with Gasteiger partial charge in [0.2, 0.25) is 6.29 Å². The van der Waals surface area contributed by atoms with Crippen molar-refractivity contribution in [3.63, 3.8) is 0 Å². The van der Waals surface area contributed by atoms with Crippen molar-refractivity contribution >= 4 is 17.9 Å². The molecule has 1 radical (unpaired) electrons. The van der Waals surface area contributed by atoms with E-state index in [1.807, 2.05) is 0 Å². The molecule has 0 aliphatic heterocycles. The Bertz CT molecular complexity index is 286. The molecule has 0 N–H and O–H groups in total. The first-order valence-electron chi connectivity index (χ1n) is 3.51. The van der Waals surface area contributed by atoms with Gasteiger partial charge in [0.15, 0.2) is 11.6 Å². The van der Waals surface area contributed by atoms with Crippen LogP contribution in [0.2, 0.25) is 0 Å². The molecule has 0 aromatic carbocycles. The van der Waals surface area contributed by atoms with Gasteiger partial charge in [-0.2, -0.15) is 0 Å². The summed E-state index contributed by atoms with van der Waals surface area (Å²) in [5.41, 5.74) is -0.255. The smallest absolute Gasteiger partial charge is 0.229 e. The van der Waals surface area contributed by atoms with Gasteiger partial charge in [0.1, 0.15) is 0 Å². The van der Waals surface area contributed by atoms with Crippen molar-refractivity contribution in [2.45, 2.75) is 6.92 Å². The van der Waals surface area contributed by atoms with Crippen molar-refractivity contribution in [3.05, 3.63) is 36.5 Å². The summed E-state index contributed by atoms with van der Waals surface area (Å²) < 4.78 is 0. The van der Waals surface area contributed by atoms with Crippen LogP contribution < -0.4 is 0 Å². The monoisotopic (exact) mass is 177 g/mol. The Kier molecular flexibility index (Phi) is 4.30. The molecule has 0 spiro atoms. The second-order valence-electron chi connectivity index (χ2n) is 2.24. The first kappa shape index (κ1) is 11.2. The van der Waals surface area contributed by atoms with E-state index in [1.165, 1.54) is 13.2 Å². The third kappa shape index (κ3) is 2.63. The maximum Gasteiger partial charge on any atom is 0.229 e. The minimum absolute atomic E-state index is 0.0326. The number of hydrogen-bond acceptors (Lipinski definition) is 3. The molecule has 3 heteroatoms. The normalized spacial score (nSPS) is 8.38. The summed E-state index contributed by atoms with van der Waals surface area (Å²) >= 11 is 0. The SMILES string of the molecule is C=CC(=O)C(C(=O)C=C)=C(C)[C]=O. The number of carbonyl (C=O) groups is 2. The molecule has 13 heavy (non-hydrogen) atoms. The van der Waals surface area contributed by atoms with E-state index in [-0.39, 0.29) is 11.1 Å². The van der Waals surface area contributed by atoms with Crippen LogP contribution in [0.5, 0.6) is 0 Å². The maximum atomic E-state index is 11.1. The van der Waals surface area contributed by atoms with Crippen molar-refractivity contribution in [3.8, 4) is 0 Å². The van der Waals surface area contributed by atoms with E-state index in [9.17, 15) is 14.4 Å². The summed E-state index contributed by atoms with van der Waals surface area (Å²) in [6.45, 7) is 7.77. The number of allylic oxidation sites excluding steroid dienone is 4. The van der Waals surface area contributed by atoms with E-state index in [2.05, 4.69) is 13.2 Å². The predicted octanol–water partition coefficient (Wildman–Crippen LogP) is 0.923. The van der Waals surface area contributed by atoms with E-state index in [1.54, 1.807) is 0 Å². The molecule has 0 aliphatic rings. The maximum absolute atomic E-state index is 11.1. The fraction of sp³-hybridized carbons (Fsp3) is 0.100. The minimum atomic E-state index is -0.592. The van der Waals surface area contributed by atoms with Gasteiger partial charge in [-0.3, -0.25) is 14.4 Å². The Morgan fingerprint density at radius 2 is 1.54 bits per heavy atom. The first-order valence-corrected chi connectivity index (χ1v) is 3.51. The molecule has 0 aromatic heterocycles. The topological polar surface area (TPSA) is 51.2 Å². The molecule has 0 aromatic rings. The molecule has 0 rings (SSSR count). The lowest BCUT2D eigenvalue weighted by Crippen LogP contribution is -2.11. The molecule has 0 amide bonds. The summed E-state index contributed by atoms with van der Waals surface area (Å²) in [5.74, 6) is -1.18. The summed E-state index contributed by atoms with van der Waals surface area (Å²) in [5, 5.41) is 0. The highest BCUT2D eigenvalue weighted by atomic mass is 16.1. The lowest BCUT2D eigenvalue weighted by atomic mass is 10.0. The molecule has 0 unspecified atom stereocenters. The quantitative estimate of drug-likeness (QED) is 0.356. The van der Waals surface area contributed by atoms with Gasteiger partial charge < -0.3 is 0 Å². The largest absolute Gasteiger partial charge is 0.289 e. The summed E-state index contributed by atoms with van der Waals surface area (Å²) in [6, 6.07) is 0. The fourth-order valence-electron chi connectivity index (χ4n) is 0.746. The van der Waals surface area contributed by atoms with Crippen LogP contribution >= 0.6 is 0 Å². The number of rotatable bonds is 5. The fourth-order valence-corrected chi connectivity index (χ4v) is 0.746. The molecule has 0 bridgehead atoms. The van der Waals surface area contributed by atoms with Crippen LogP contribution in [0.4, 0.5) is 0 Å². The molecule has 0 heterocycles. The van der Waals surface area contributed by atoms with E-state index in [4.69, 9.17) is 0 Å². The van der Waals surface area contributed by atoms with Crippen molar-refractivity contribution in [1.82, 2.24) is 0 Å². The zero-order valence-electron chi connectivity index (χ0n) is 7.29. The average Bonchev–Trinajstić information content (AvgIpc) is 2.16. The van der Waals surface area contributed by atoms with E-state index < -0.39 is 11.6 Å². The van der Waals surface area contributed by atoms with Gasteiger partial charge in [0.25, 0.3) is 0 Å². The van der Waals surface area contributed by atoms with Crippen molar-refractivity contribution in [2.24, 2.45) is 0 Å². The van der Waals surface area contributed by atoms with Crippen LogP contribution in [0.15, 0.2) is 36.5 Å². The lowest BCUT2D eigenvalue weighted by Gasteiger charge is -1.99. The first-order chi connectivity index (χ1) is 6.08. The second kappa shape index (κ2) is 4.98. The van der Waals surface area contributed by atoms with Crippen LogP contribution in [0.25, 0.3) is 0 Å². The standard InChI is InChI=1S/C10H9O3/c1-4-8(12)10(7(3)6-11)9(13)5-2/h4-5H,1-2H2,3H3. The van der Waals surface area contributed by atoms with Crippen LogP contribution in [0, 0.1) is 0 Å². The molecular weight excluding hydrogens is 168 g/mol. The van der Waals surface area contributed by atoms with Gasteiger partial charge in [-0.15, -0.1) is 0 Å². The highest BCUT2D eigenvalue weighted by Gasteiger charge is 2.15. The molecule has 0 aliphatic carbocycles. The lowest BCUT2D eigenvalue weighted by molar-refractivity contribution is -0.116. The van der Waals surface area contributed by atoms with Gasteiger partial charge in [-0.1, -0.05) is 13.2 Å². The van der Waals surface area contributed by atoms with Crippen molar-refractivity contribution < 1.29 is 14.4 Å². The van der Waals surface area contributed by atoms with Crippen molar-refractivity contribution in [1.29, 1.82) is 0 Å². The molecule has 67 valence electrons. The van der Waals surface area contributed by atoms with Crippen molar-refractivity contribution in [2.75, 3.05) is 0 Å². The average molecular weight is 177 g/mol. The highest BCUT2D eigenvalue weighted by molar-refractivity contribution is 6.29. The minimum Gasteiger partial charge on any atom is -0.289 e. The Morgan fingerprint density at radius 1 is 1.15 bits per heavy atom. The Balaban J connectivity index is 5.33. The molecule has 3 nitrogen and oxygen atoms in total. The second-order valence-corrected chi connectivity index (χ2v) is 2.24. The summed E-state index contributed by atoms with van der Waals surface area (Å²) in [4.78, 5) is 32.4. The van der Waals surface area contributed by atoms with E-state index in [0.717, 1.165) is 12.2 Å². The van der Waals surface area contributed by atoms with Gasteiger partial charge in [-0.25, -0.2) is 0 Å². The van der Waals surface area contributed by atoms with Gasteiger partial charge in [0, 0.05) is 5.57 Å². The Hall–Kier alpha value is -1.77. The predicted molar refractivity (Wildman–Crippen MR) is 48.8 cm³/mol. The zero-order valence-corrected chi connectivity index (χ0v) is 7.29. The molecular formula is C10H9O3. The third-order valence-corrected chi connectivity index (χ3v) is 1.39. The van der Waals surface area contributed by atoms with Crippen LogP contribution in [-0.4, -0.2) is 17.9 Å². The zero-order chi connectivity index (χ0) is 10.4. The molecule has 0 saturated carbocycles. The number of carbonyl (C=O) groups excluding carboxylic acids is 3. The van der Waals surface area contributed by atoms with Gasteiger partial charge >= 0.3 is 0 Å². The third-order valence-electron chi connectivity index (χ3n) is 1.39. The van der Waals surface area contributed by atoms with E-state index in [0.29, 0.717) is 0 Å². The molecule has 0 saturated heterocycles. The summed E-state index contributed by atoms with van der Waals surface area (Å²) in [7, 11) is 0. The highest BCUT2D eigenvalue weighted by Crippen LogP contribution is 2.06. The number of ketones is 2. The van der Waals surface area contributed by atoms with Crippen LogP contribution in [0.3, 0.4) is 0 Å². The molecule has 0 atom stereocenters. The Labute approximate surface area is 76.4 Å². The van der Waals surface area contributed by atoms with Crippen LogP contribution in [0.1, 0.15) is 6.92 Å². The van der Waals surface area contributed by atoms with E-state index >= 15 is 0 Å². The van der Waals surface area contributed by atoms with Crippen LogP contribution in [-0.2, 0) is 14.4 Å². The van der Waals surface area contributed by atoms with Gasteiger partial charge in [-0.05, 0) is 19.1 Å². The van der Waals surface area contributed by atoms with Gasteiger partial charge in [0.05, 0.1) is 5.57 Å². The number of hydrogen-bond donors (Lipinski definition) is 0. The summed E-state index contributed by atoms with van der Waals surface area (Å²) in [6.07, 6.45) is 3.43.